The van der Waals surface area contributed by atoms with Gasteiger partial charge in [-0.3, -0.25) is 4.68 Å². The van der Waals surface area contributed by atoms with Crippen LogP contribution in [0.25, 0.3) is 27.6 Å². The Bertz CT molecular complexity index is 1320. The summed E-state index contributed by atoms with van der Waals surface area (Å²) in [6, 6.07) is 15.8. The number of piperidine rings is 1. The summed E-state index contributed by atoms with van der Waals surface area (Å²) < 4.78 is 27.3. The van der Waals surface area contributed by atoms with Crippen molar-refractivity contribution in [2.45, 2.75) is 31.7 Å². The van der Waals surface area contributed by atoms with Crippen molar-refractivity contribution in [1.29, 1.82) is 0 Å². The number of nitrogens with zero attached hydrogens (tertiary/aromatic N) is 4. The van der Waals surface area contributed by atoms with Crippen LogP contribution >= 0.6 is 0 Å². The summed E-state index contributed by atoms with van der Waals surface area (Å²) in [4.78, 5) is 6.87. The molecule has 0 atom stereocenters. The number of halogens is 2. The molecule has 0 spiro atoms. The van der Waals surface area contributed by atoms with Crippen LogP contribution in [0.5, 0.6) is 0 Å². The number of hydrogen-bond donors (Lipinski definition) is 1. The van der Waals surface area contributed by atoms with Gasteiger partial charge in [-0.1, -0.05) is 43.0 Å². The lowest BCUT2D eigenvalue weighted by molar-refractivity contribution is 0.149. The van der Waals surface area contributed by atoms with Crippen LogP contribution in [0.15, 0.2) is 73.7 Å². The van der Waals surface area contributed by atoms with Crippen molar-refractivity contribution in [3.8, 4) is 11.1 Å². The smallest absolute Gasteiger partial charge is 0.242 e. The van der Waals surface area contributed by atoms with Crippen molar-refractivity contribution in [2.75, 3.05) is 25.5 Å². The molecular weight excluding hydrogens is 444 g/mol. The molecule has 1 fully saturated rings. The fourth-order valence-electron chi connectivity index (χ4n) is 4.58. The van der Waals surface area contributed by atoms with Gasteiger partial charge in [-0.15, -0.1) is 0 Å². The summed E-state index contributed by atoms with van der Waals surface area (Å²) in [7, 11) is 2.17. The van der Waals surface area contributed by atoms with Crippen molar-refractivity contribution >= 4 is 22.3 Å². The molecule has 1 aliphatic rings. The quantitative estimate of drug-likeness (QED) is 0.344. The molecule has 4 aromatic rings. The Labute approximate surface area is 204 Å². The van der Waals surface area contributed by atoms with E-state index in [2.05, 4.69) is 63.0 Å². The fraction of sp³-hybridized carbons (Fsp3) is 0.286. The average Bonchev–Trinajstić information content (AvgIpc) is 3.34. The molecule has 5 nitrogen and oxygen atoms in total. The molecule has 0 amide bonds. The first-order valence-electron chi connectivity index (χ1n) is 11.9. The number of aromatic nitrogens is 3. The molecule has 0 aliphatic carbocycles. The average molecular weight is 474 g/mol. The summed E-state index contributed by atoms with van der Waals surface area (Å²) >= 11 is 0. The van der Waals surface area contributed by atoms with Crippen LogP contribution in [-0.2, 0) is 6.42 Å². The number of hydrogen-bond acceptors (Lipinski definition) is 4. The Morgan fingerprint density at radius 1 is 1.03 bits per heavy atom. The van der Waals surface area contributed by atoms with Gasteiger partial charge in [0.05, 0.1) is 12.2 Å². The van der Waals surface area contributed by atoms with Gasteiger partial charge in [0.2, 0.25) is 6.43 Å². The number of pyridine rings is 1. The molecule has 1 saturated heterocycles. The zero-order valence-corrected chi connectivity index (χ0v) is 19.8. The SMILES string of the molecule is C=C(Nc1cc2cc(-c3cnn(C4CCN(C)CC4)c3)ccc2cn1)c1ccc(CC(F)F)cc1. The number of rotatable bonds is 7. The van der Waals surface area contributed by atoms with E-state index in [0.29, 0.717) is 23.1 Å². The van der Waals surface area contributed by atoms with Crippen molar-refractivity contribution in [1.82, 2.24) is 19.7 Å². The van der Waals surface area contributed by atoms with Crippen LogP contribution in [0.1, 0.15) is 30.0 Å². The number of benzene rings is 2. The number of alkyl halides is 2. The second kappa shape index (κ2) is 9.96. The molecule has 180 valence electrons. The van der Waals surface area contributed by atoms with E-state index in [1.165, 1.54) is 0 Å². The van der Waals surface area contributed by atoms with Gasteiger partial charge in [-0.05, 0) is 67.2 Å². The van der Waals surface area contributed by atoms with Gasteiger partial charge in [0.15, 0.2) is 0 Å². The minimum absolute atomic E-state index is 0.244. The van der Waals surface area contributed by atoms with Gasteiger partial charge in [0, 0.05) is 35.5 Å². The second-order valence-electron chi connectivity index (χ2n) is 9.27. The molecule has 35 heavy (non-hydrogen) atoms. The van der Waals surface area contributed by atoms with E-state index in [0.717, 1.165) is 53.4 Å². The first-order chi connectivity index (χ1) is 16.9. The zero-order valence-electron chi connectivity index (χ0n) is 19.8. The second-order valence-corrected chi connectivity index (χ2v) is 9.27. The highest BCUT2D eigenvalue weighted by molar-refractivity contribution is 5.89. The molecule has 0 saturated carbocycles. The van der Waals surface area contributed by atoms with Crippen molar-refractivity contribution in [3.05, 3.63) is 84.8 Å². The fourth-order valence-corrected chi connectivity index (χ4v) is 4.58. The maximum Gasteiger partial charge on any atom is 0.242 e. The molecule has 7 heteroatoms. The van der Waals surface area contributed by atoms with Gasteiger partial charge in [0.25, 0.3) is 0 Å². The number of anilines is 1. The predicted octanol–water partition coefficient (Wildman–Crippen LogP) is 6.26. The van der Waals surface area contributed by atoms with E-state index >= 15 is 0 Å². The van der Waals surface area contributed by atoms with Crippen LogP contribution in [0.3, 0.4) is 0 Å². The predicted molar refractivity (Wildman–Crippen MR) is 138 cm³/mol. The Morgan fingerprint density at radius 3 is 2.54 bits per heavy atom. The van der Waals surface area contributed by atoms with E-state index in [4.69, 9.17) is 0 Å². The van der Waals surface area contributed by atoms with Crippen LogP contribution < -0.4 is 5.32 Å². The van der Waals surface area contributed by atoms with Gasteiger partial charge in [0.1, 0.15) is 5.82 Å². The minimum atomic E-state index is -2.35. The first-order valence-corrected chi connectivity index (χ1v) is 11.9. The zero-order chi connectivity index (χ0) is 24.4. The van der Waals surface area contributed by atoms with Gasteiger partial charge < -0.3 is 10.2 Å². The van der Waals surface area contributed by atoms with Crippen LogP contribution in [0.2, 0.25) is 0 Å². The van der Waals surface area contributed by atoms with Crippen molar-refractivity contribution < 1.29 is 8.78 Å². The number of nitrogens with one attached hydrogen (secondary N) is 1. The third-order valence-electron chi connectivity index (χ3n) is 6.69. The molecule has 0 radical (unpaired) electrons. The lowest BCUT2D eigenvalue weighted by atomic mass is 10.0. The molecule has 1 N–H and O–H groups in total. The Balaban J connectivity index is 1.32. The summed E-state index contributed by atoms with van der Waals surface area (Å²) in [5.74, 6) is 0.679. The Hall–Kier alpha value is -3.58. The number of fused-ring (bicyclic) bond motifs is 1. The summed E-state index contributed by atoms with van der Waals surface area (Å²) in [6.07, 6.45) is 5.58. The van der Waals surface area contributed by atoms with E-state index in [1.54, 1.807) is 24.3 Å². The van der Waals surface area contributed by atoms with E-state index in [9.17, 15) is 8.78 Å². The number of likely N-dealkylation sites (tertiary alicyclic amines) is 1. The first kappa shape index (κ1) is 23.2. The molecule has 5 rings (SSSR count). The summed E-state index contributed by atoms with van der Waals surface area (Å²) in [5.41, 5.74) is 4.32. The van der Waals surface area contributed by atoms with E-state index in [1.807, 2.05) is 18.5 Å². The van der Waals surface area contributed by atoms with Crippen molar-refractivity contribution in [2.24, 2.45) is 0 Å². The highest BCUT2D eigenvalue weighted by atomic mass is 19.3. The van der Waals surface area contributed by atoms with Gasteiger partial charge in [-0.25, -0.2) is 13.8 Å². The minimum Gasteiger partial charge on any atom is -0.340 e. The standard InChI is InChI=1S/C28H29F2N5/c1-19(21-5-3-20(4-6-21)13-27(29)30)33-28-15-24-14-22(7-8-23(24)16-31-28)25-17-32-35(18-25)26-9-11-34(2)12-10-26/h3-8,14-18,26-27H,1,9-13H2,2H3,(H,31,33). The van der Waals surface area contributed by atoms with Gasteiger partial charge in [-0.2, -0.15) is 5.10 Å². The third kappa shape index (κ3) is 5.41. The molecule has 1 aliphatic heterocycles. The Morgan fingerprint density at radius 2 is 1.80 bits per heavy atom. The van der Waals surface area contributed by atoms with Crippen molar-refractivity contribution in [3.63, 3.8) is 0 Å². The van der Waals surface area contributed by atoms with Gasteiger partial charge >= 0.3 is 0 Å². The lowest BCUT2D eigenvalue weighted by Gasteiger charge is -2.28. The third-order valence-corrected chi connectivity index (χ3v) is 6.69. The summed E-state index contributed by atoms with van der Waals surface area (Å²) in [6.45, 7) is 6.30. The van der Waals surface area contributed by atoms with E-state index in [-0.39, 0.29) is 6.42 Å². The summed E-state index contributed by atoms with van der Waals surface area (Å²) in [5, 5.41) is 10.0. The normalized spacial score (nSPS) is 15.1. The molecular formula is C28H29F2N5. The van der Waals surface area contributed by atoms with E-state index < -0.39 is 6.43 Å². The van der Waals surface area contributed by atoms with Crippen LogP contribution in [-0.4, -0.2) is 46.2 Å². The molecule has 0 bridgehead atoms. The maximum atomic E-state index is 12.6. The highest BCUT2D eigenvalue weighted by Gasteiger charge is 2.19. The highest BCUT2D eigenvalue weighted by Crippen LogP contribution is 2.28. The van der Waals surface area contributed by atoms with Crippen LogP contribution in [0, 0.1) is 0 Å². The lowest BCUT2D eigenvalue weighted by Crippen LogP contribution is -2.31. The molecule has 2 aromatic carbocycles. The largest absolute Gasteiger partial charge is 0.340 e. The monoisotopic (exact) mass is 473 g/mol. The molecule has 3 heterocycles. The maximum absolute atomic E-state index is 12.6. The molecule has 0 unspecified atom stereocenters. The van der Waals surface area contributed by atoms with Crippen LogP contribution in [0.4, 0.5) is 14.6 Å². The topological polar surface area (TPSA) is 46.0 Å². The molecule has 2 aromatic heterocycles. The Kier molecular flexibility index (Phi) is 6.59.